The quantitative estimate of drug-likeness (QED) is 0.889. The fraction of sp³-hybridized carbons (Fsp3) is 0.400. The molecule has 5 heteroatoms. The molecule has 0 aliphatic carbocycles. The molecule has 0 saturated heterocycles. The zero-order valence-electron chi connectivity index (χ0n) is 12.2. The van der Waals surface area contributed by atoms with Gasteiger partial charge in [-0.25, -0.2) is 4.98 Å². The predicted molar refractivity (Wildman–Crippen MR) is 84.1 cm³/mol. The second-order valence-electron chi connectivity index (χ2n) is 4.83. The molecular weight excluding hydrogens is 272 g/mol. The lowest BCUT2D eigenvalue weighted by molar-refractivity contribution is 0.717. The van der Waals surface area contributed by atoms with E-state index < -0.39 is 0 Å². The number of hydrogen-bond donors (Lipinski definition) is 1. The van der Waals surface area contributed by atoms with Crippen molar-refractivity contribution in [2.45, 2.75) is 20.0 Å². The van der Waals surface area contributed by atoms with E-state index in [1.807, 2.05) is 36.1 Å². The minimum absolute atomic E-state index is 0.753. The van der Waals surface area contributed by atoms with Crippen molar-refractivity contribution in [1.82, 2.24) is 14.9 Å². The van der Waals surface area contributed by atoms with Crippen molar-refractivity contribution in [2.75, 3.05) is 18.5 Å². The van der Waals surface area contributed by atoms with Gasteiger partial charge in [-0.05, 0) is 18.7 Å². The largest absolute Gasteiger partial charge is 0.367 e. The van der Waals surface area contributed by atoms with Crippen LogP contribution in [0.25, 0.3) is 0 Å². The van der Waals surface area contributed by atoms with Crippen LogP contribution < -0.4 is 10.2 Å². The lowest BCUT2D eigenvalue weighted by atomic mass is 10.1. The normalized spacial score (nSPS) is 10.8. The predicted octanol–water partition coefficient (Wildman–Crippen LogP) is 2.82. The Morgan fingerprint density at radius 2 is 2.20 bits per heavy atom. The van der Waals surface area contributed by atoms with Crippen LogP contribution in [0.15, 0.2) is 30.6 Å². The van der Waals surface area contributed by atoms with Gasteiger partial charge < -0.3 is 14.8 Å². The lowest BCUT2D eigenvalue weighted by Gasteiger charge is -2.23. The number of nitrogens with zero attached hydrogens (tertiary/aromatic N) is 3. The van der Waals surface area contributed by atoms with Crippen LogP contribution in [0.2, 0.25) is 5.02 Å². The topological polar surface area (TPSA) is 33.1 Å². The van der Waals surface area contributed by atoms with E-state index >= 15 is 0 Å². The molecule has 2 aromatic rings. The Kier molecular flexibility index (Phi) is 5.04. The maximum Gasteiger partial charge on any atom is 0.127 e. The first-order valence-electron chi connectivity index (χ1n) is 6.79. The number of benzene rings is 1. The highest BCUT2D eigenvalue weighted by atomic mass is 35.5. The molecule has 20 heavy (non-hydrogen) atoms. The highest BCUT2D eigenvalue weighted by Gasteiger charge is 2.12. The Morgan fingerprint density at radius 3 is 2.85 bits per heavy atom. The zero-order chi connectivity index (χ0) is 14.5. The molecule has 1 aromatic heterocycles. The van der Waals surface area contributed by atoms with E-state index in [1.165, 1.54) is 0 Å². The van der Waals surface area contributed by atoms with Crippen molar-refractivity contribution < 1.29 is 0 Å². The minimum atomic E-state index is 0.753. The summed E-state index contributed by atoms with van der Waals surface area (Å²) in [6.07, 6.45) is 3.78. The van der Waals surface area contributed by atoms with E-state index in [-0.39, 0.29) is 0 Å². The molecule has 0 aliphatic heterocycles. The molecule has 0 atom stereocenters. The van der Waals surface area contributed by atoms with Crippen molar-refractivity contribution in [3.8, 4) is 0 Å². The van der Waals surface area contributed by atoms with Gasteiger partial charge >= 0.3 is 0 Å². The van der Waals surface area contributed by atoms with Gasteiger partial charge in [-0.2, -0.15) is 0 Å². The Balaban J connectivity index is 2.22. The molecule has 0 unspecified atom stereocenters. The Morgan fingerprint density at radius 1 is 1.40 bits per heavy atom. The summed E-state index contributed by atoms with van der Waals surface area (Å²) >= 11 is 6.33. The van der Waals surface area contributed by atoms with Gasteiger partial charge in [0.25, 0.3) is 0 Å². The van der Waals surface area contributed by atoms with E-state index in [0.717, 1.165) is 41.7 Å². The van der Waals surface area contributed by atoms with E-state index in [9.17, 15) is 0 Å². The van der Waals surface area contributed by atoms with E-state index in [0.29, 0.717) is 0 Å². The molecule has 0 aliphatic rings. The molecule has 1 N–H and O–H groups in total. The fourth-order valence-electron chi connectivity index (χ4n) is 2.18. The number of aryl methyl sites for hydroxylation is 1. The molecule has 0 fully saturated rings. The summed E-state index contributed by atoms with van der Waals surface area (Å²) < 4.78 is 2.03. The Labute approximate surface area is 125 Å². The molecular formula is C15H21ClN4. The summed E-state index contributed by atoms with van der Waals surface area (Å²) in [4.78, 5) is 6.55. The fourth-order valence-corrected chi connectivity index (χ4v) is 2.41. The number of aromatic nitrogens is 2. The van der Waals surface area contributed by atoms with Gasteiger partial charge in [-0.3, -0.25) is 0 Å². The Bertz CT molecular complexity index is 565. The Hall–Kier alpha value is -1.52. The smallest absolute Gasteiger partial charge is 0.127 e. The van der Waals surface area contributed by atoms with E-state index in [4.69, 9.17) is 11.6 Å². The molecule has 0 spiro atoms. The summed E-state index contributed by atoms with van der Waals surface area (Å²) in [7, 11) is 4.07. The first kappa shape index (κ1) is 14.9. The summed E-state index contributed by atoms with van der Waals surface area (Å²) in [5.74, 6) is 1.03. The van der Waals surface area contributed by atoms with Gasteiger partial charge in [0.2, 0.25) is 0 Å². The van der Waals surface area contributed by atoms with E-state index in [1.54, 1.807) is 0 Å². The van der Waals surface area contributed by atoms with Crippen molar-refractivity contribution in [3.63, 3.8) is 0 Å². The van der Waals surface area contributed by atoms with Gasteiger partial charge in [-0.15, -0.1) is 0 Å². The minimum Gasteiger partial charge on any atom is -0.367 e. The molecule has 0 saturated carbocycles. The average Bonchev–Trinajstić information content (AvgIpc) is 2.82. The number of halogens is 1. The third-order valence-corrected chi connectivity index (χ3v) is 3.71. The molecule has 1 heterocycles. The van der Waals surface area contributed by atoms with Crippen molar-refractivity contribution in [2.24, 2.45) is 7.05 Å². The number of rotatable bonds is 6. The summed E-state index contributed by atoms with van der Waals surface area (Å²) in [6, 6.07) is 6.02. The molecule has 0 bridgehead atoms. The summed E-state index contributed by atoms with van der Waals surface area (Å²) in [5, 5.41) is 4.14. The first-order chi connectivity index (χ1) is 9.63. The summed E-state index contributed by atoms with van der Waals surface area (Å²) in [5.41, 5.74) is 2.27. The standard InChI is InChI=1S/C15H21ClN4/c1-4-17-10-12-13(16)6-5-7-14(12)20(3)11-15-18-8-9-19(15)2/h5-9,17H,4,10-11H2,1-3H3. The van der Waals surface area contributed by atoms with Crippen LogP contribution in [0.4, 0.5) is 5.69 Å². The van der Waals surface area contributed by atoms with Crippen molar-refractivity contribution in [3.05, 3.63) is 47.0 Å². The lowest BCUT2D eigenvalue weighted by Crippen LogP contribution is -2.22. The second kappa shape index (κ2) is 6.77. The summed E-state index contributed by atoms with van der Waals surface area (Å²) in [6.45, 7) is 4.54. The molecule has 1 aromatic carbocycles. The molecule has 4 nitrogen and oxygen atoms in total. The highest BCUT2D eigenvalue weighted by Crippen LogP contribution is 2.27. The number of nitrogens with one attached hydrogen (secondary N) is 1. The maximum absolute atomic E-state index is 6.33. The first-order valence-corrected chi connectivity index (χ1v) is 7.16. The molecule has 0 radical (unpaired) electrons. The zero-order valence-corrected chi connectivity index (χ0v) is 13.0. The number of imidazole rings is 1. The SMILES string of the molecule is CCNCc1c(Cl)cccc1N(C)Cc1nccn1C. The van der Waals surface area contributed by atoms with Crippen LogP contribution in [0.3, 0.4) is 0 Å². The molecule has 0 amide bonds. The van der Waals surface area contributed by atoms with Crippen LogP contribution in [-0.4, -0.2) is 23.1 Å². The number of anilines is 1. The third-order valence-electron chi connectivity index (χ3n) is 3.36. The van der Waals surface area contributed by atoms with Crippen molar-refractivity contribution in [1.29, 1.82) is 0 Å². The van der Waals surface area contributed by atoms with Gasteiger partial charge in [0.1, 0.15) is 5.82 Å². The van der Waals surface area contributed by atoms with Crippen LogP contribution in [-0.2, 0) is 20.1 Å². The van der Waals surface area contributed by atoms with Crippen LogP contribution >= 0.6 is 11.6 Å². The van der Waals surface area contributed by atoms with Gasteiger partial charge in [-0.1, -0.05) is 24.6 Å². The van der Waals surface area contributed by atoms with Gasteiger partial charge in [0.05, 0.1) is 6.54 Å². The van der Waals surface area contributed by atoms with Gasteiger partial charge in [0, 0.05) is 49.3 Å². The highest BCUT2D eigenvalue weighted by molar-refractivity contribution is 6.31. The van der Waals surface area contributed by atoms with Crippen LogP contribution in [0.1, 0.15) is 18.3 Å². The van der Waals surface area contributed by atoms with Crippen molar-refractivity contribution >= 4 is 17.3 Å². The molecule has 2 rings (SSSR count). The second-order valence-corrected chi connectivity index (χ2v) is 5.24. The maximum atomic E-state index is 6.33. The third kappa shape index (κ3) is 3.32. The van der Waals surface area contributed by atoms with Crippen LogP contribution in [0, 0.1) is 0 Å². The van der Waals surface area contributed by atoms with Gasteiger partial charge in [0.15, 0.2) is 0 Å². The van der Waals surface area contributed by atoms with E-state index in [2.05, 4.69) is 35.2 Å². The monoisotopic (exact) mass is 292 g/mol. The molecule has 108 valence electrons. The average molecular weight is 293 g/mol. The number of hydrogen-bond acceptors (Lipinski definition) is 3. The van der Waals surface area contributed by atoms with Crippen LogP contribution in [0.5, 0.6) is 0 Å².